The molecular weight excluding hydrogens is 307 g/mol. The molecule has 96 valence electrons. The van der Waals surface area contributed by atoms with Gasteiger partial charge in [-0.05, 0) is 58.7 Å². The number of halogens is 2. The summed E-state index contributed by atoms with van der Waals surface area (Å²) in [5.41, 5.74) is 2.98. The predicted molar refractivity (Wildman–Crippen MR) is 77.3 cm³/mol. The van der Waals surface area contributed by atoms with Crippen molar-refractivity contribution in [2.24, 2.45) is 0 Å². The summed E-state index contributed by atoms with van der Waals surface area (Å²) in [4.78, 5) is 0. The number of anilines is 1. The van der Waals surface area contributed by atoms with E-state index in [0.717, 1.165) is 15.7 Å². The second kappa shape index (κ2) is 5.85. The molecule has 4 heteroatoms. The maximum atomic E-state index is 13.6. The highest BCUT2D eigenvalue weighted by Crippen LogP contribution is 2.24. The summed E-state index contributed by atoms with van der Waals surface area (Å²) >= 11 is 3.46. The summed E-state index contributed by atoms with van der Waals surface area (Å²) in [5, 5.41) is 12.0. The lowest BCUT2D eigenvalue weighted by molar-refractivity contribution is 0.612. The first-order valence-electron chi connectivity index (χ1n) is 5.78. The van der Waals surface area contributed by atoms with Crippen molar-refractivity contribution >= 4 is 21.6 Å². The predicted octanol–water partition coefficient (Wildman–Crippen LogP) is 4.38. The number of rotatable bonds is 3. The van der Waals surface area contributed by atoms with Crippen LogP contribution >= 0.6 is 15.9 Å². The van der Waals surface area contributed by atoms with Crippen LogP contribution < -0.4 is 5.32 Å². The Morgan fingerprint density at radius 3 is 2.74 bits per heavy atom. The highest BCUT2D eigenvalue weighted by atomic mass is 79.9. The molecule has 2 nitrogen and oxygen atoms in total. The smallest absolute Gasteiger partial charge is 0.128 e. The Morgan fingerprint density at radius 2 is 2.05 bits per heavy atom. The number of hydrogen-bond donors (Lipinski definition) is 1. The Hall–Kier alpha value is -1.86. The second-order valence-corrected chi connectivity index (χ2v) is 5.11. The summed E-state index contributed by atoms with van der Waals surface area (Å²) in [6.07, 6.45) is 0. The van der Waals surface area contributed by atoms with Gasteiger partial charge in [0.1, 0.15) is 5.82 Å². The Bertz CT molecular complexity index is 647. The van der Waals surface area contributed by atoms with Crippen LogP contribution in [0.25, 0.3) is 0 Å². The molecule has 0 atom stereocenters. The molecule has 0 radical (unpaired) electrons. The molecule has 0 bridgehead atoms. The minimum Gasteiger partial charge on any atom is -0.380 e. The van der Waals surface area contributed by atoms with Gasteiger partial charge < -0.3 is 5.32 Å². The standard InChI is InChI=1S/C15H12BrFN2/c1-10-2-5-15(13(16)6-10)19-9-12-7-11(8-18)3-4-14(12)17/h2-7,19H,9H2,1H3. The minimum atomic E-state index is -0.310. The van der Waals surface area contributed by atoms with Gasteiger partial charge in [-0.1, -0.05) is 6.07 Å². The molecule has 0 fully saturated rings. The normalized spacial score (nSPS) is 10.0. The Morgan fingerprint density at radius 1 is 1.26 bits per heavy atom. The van der Waals surface area contributed by atoms with Crippen LogP contribution in [0.3, 0.4) is 0 Å². The largest absolute Gasteiger partial charge is 0.380 e. The first-order chi connectivity index (χ1) is 9.10. The maximum Gasteiger partial charge on any atom is 0.128 e. The minimum absolute atomic E-state index is 0.310. The lowest BCUT2D eigenvalue weighted by Crippen LogP contribution is -2.03. The van der Waals surface area contributed by atoms with E-state index in [0.29, 0.717) is 17.7 Å². The molecule has 0 amide bonds. The van der Waals surface area contributed by atoms with Gasteiger partial charge >= 0.3 is 0 Å². The zero-order valence-electron chi connectivity index (χ0n) is 10.4. The van der Waals surface area contributed by atoms with Gasteiger partial charge in [0.25, 0.3) is 0 Å². The number of aryl methyl sites for hydroxylation is 1. The molecule has 0 saturated carbocycles. The van der Waals surface area contributed by atoms with Gasteiger partial charge in [-0.3, -0.25) is 0 Å². The van der Waals surface area contributed by atoms with Gasteiger partial charge in [-0.2, -0.15) is 5.26 Å². The third-order valence-corrected chi connectivity index (χ3v) is 3.42. The maximum absolute atomic E-state index is 13.6. The van der Waals surface area contributed by atoms with Crippen molar-refractivity contribution in [1.29, 1.82) is 5.26 Å². The van der Waals surface area contributed by atoms with Crippen molar-refractivity contribution in [2.45, 2.75) is 13.5 Å². The number of hydrogen-bond acceptors (Lipinski definition) is 2. The quantitative estimate of drug-likeness (QED) is 0.911. The van der Waals surface area contributed by atoms with Crippen LogP contribution in [0.2, 0.25) is 0 Å². The van der Waals surface area contributed by atoms with Crippen LogP contribution in [0, 0.1) is 24.1 Å². The van der Waals surface area contributed by atoms with Gasteiger partial charge in [0.15, 0.2) is 0 Å². The number of nitrogens with zero attached hydrogens (tertiary/aromatic N) is 1. The van der Waals surface area contributed by atoms with Crippen molar-refractivity contribution in [3.05, 3.63) is 63.4 Å². The SMILES string of the molecule is Cc1ccc(NCc2cc(C#N)ccc2F)c(Br)c1. The molecule has 0 spiro atoms. The summed E-state index contributed by atoms with van der Waals surface area (Å²) in [5.74, 6) is -0.310. The molecular formula is C15H12BrFN2. The average Bonchev–Trinajstić information content (AvgIpc) is 2.39. The van der Waals surface area contributed by atoms with Gasteiger partial charge in [0.05, 0.1) is 11.6 Å². The van der Waals surface area contributed by atoms with E-state index < -0.39 is 0 Å². The van der Waals surface area contributed by atoms with E-state index in [1.165, 1.54) is 12.1 Å². The fraction of sp³-hybridized carbons (Fsp3) is 0.133. The molecule has 0 unspecified atom stereocenters. The summed E-state index contributed by atoms with van der Waals surface area (Å²) in [6.45, 7) is 2.34. The van der Waals surface area contributed by atoms with Crippen LogP contribution in [0.15, 0.2) is 40.9 Å². The van der Waals surface area contributed by atoms with Crippen LogP contribution in [0.1, 0.15) is 16.7 Å². The molecule has 2 aromatic carbocycles. The average molecular weight is 319 g/mol. The lowest BCUT2D eigenvalue weighted by atomic mass is 10.1. The van der Waals surface area contributed by atoms with Crippen LogP contribution in [-0.4, -0.2) is 0 Å². The first kappa shape index (κ1) is 13.6. The fourth-order valence-electron chi connectivity index (χ4n) is 1.73. The molecule has 0 aromatic heterocycles. The van der Waals surface area contributed by atoms with E-state index in [1.54, 1.807) is 6.07 Å². The Balaban J connectivity index is 2.16. The first-order valence-corrected chi connectivity index (χ1v) is 6.58. The van der Waals surface area contributed by atoms with Crippen molar-refractivity contribution in [1.82, 2.24) is 0 Å². The van der Waals surface area contributed by atoms with E-state index in [9.17, 15) is 4.39 Å². The topological polar surface area (TPSA) is 35.8 Å². The highest BCUT2D eigenvalue weighted by Gasteiger charge is 2.05. The molecule has 2 aromatic rings. The van der Waals surface area contributed by atoms with Crippen LogP contribution in [0.4, 0.5) is 10.1 Å². The van der Waals surface area contributed by atoms with Gasteiger partial charge in [0, 0.05) is 22.3 Å². The Labute approximate surface area is 120 Å². The lowest BCUT2D eigenvalue weighted by Gasteiger charge is -2.10. The monoisotopic (exact) mass is 318 g/mol. The molecule has 0 aliphatic rings. The van der Waals surface area contributed by atoms with E-state index in [2.05, 4.69) is 21.2 Å². The third-order valence-electron chi connectivity index (χ3n) is 2.77. The van der Waals surface area contributed by atoms with Crippen molar-refractivity contribution in [2.75, 3.05) is 5.32 Å². The van der Waals surface area contributed by atoms with Gasteiger partial charge in [0.2, 0.25) is 0 Å². The van der Waals surface area contributed by atoms with E-state index in [-0.39, 0.29) is 5.82 Å². The fourth-order valence-corrected chi connectivity index (χ4v) is 2.37. The highest BCUT2D eigenvalue weighted by molar-refractivity contribution is 9.10. The zero-order chi connectivity index (χ0) is 13.8. The van der Waals surface area contributed by atoms with E-state index in [1.807, 2.05) is 31.2 Å². The van der Waals surface area contributed by atoms with Crippen molar-refractivity contribution < 1.29 is 4.39 Å². The van der Waals surface area contributed by atoms with E-state index in [4.69, 9.17) is 5.26 Å². The van der Waals surface area contributed by atoms with Crippen LogP contribution in [0.5, 0.6) is 0 Å². The van der Waals surface area contributed by atoms with Crippen molar-refractivity contribution in [3.8, 4) is 6.07 Å². The third kappa shape index (κ3) is 3.33. The molecule has 0 heterocycles. The summed E-state index contributed by atoms with van der Waals surface area (Å²) in [6, 6.07) is 12.3. The molecule has 19 heavy (non-hydrogen) atoms. The molecule has 0 aliphatic heterocycles. The van der Waals surface area contributed by atoms with Crippen LogP contribution in [-0.2, 0) is 6.54 Å². The summed E-state index contributed by atoms with van der Waals surface area (Å²) in [7, 11) is 0. The number of benzene rings is 2. The summed E-state index contributed by atoms with van der Waals surface area (Å²) < 4.78 is 14.5. The van der Waals surface area contributed by atoms with Gasteiger partial charge in [-0.15, -0.1) is 0 Å². The Kier molecular flexibility index (Phi) is 4.18. The molecule has 1 N–H and O–H groups in total. The number of nitriles is 1. The number of nitrogens with one attached hydrogen (secondary N) is 1. The van der Waals surface area contributed by atoms with Gasteiger partial charge in [-0.25, -0.2) is 4.39 Å². The van der Waals surface area contributed by atoms with Crippen molar-refractivity contribution in [3.63, 3.8) is 0 Å². The van der Waals surface area contributed by atoms with E-state index >= 15 is 0 Å². The molecule has 0 aliphatic carbocycles. The zero-order valence-corrected chi connectivity index (χ0v) is 12.0. The molecule has 0 saturated heterocycles. The second-order valence-electron chi connectivity index (χ2n) is 4.25. The molecule has 2 rings (SSSR count).